The molecule has 8 nitrogen and oxygen atoms in total. The first kappa shape index (κ1) is 17.8. The summed E-state index contributed by atoms with van der Waals surface area (Å²) in [4.78, 5) is 14.9. The summed E-state index contributed by atoms with van der Waals surface area (Å²) in [5.41, 5.74) is 1.61. The minimum atomic E-state index is -3.76. The highest BCUT2D eigenvalue weighted by molar-refractivity contribution is 7.89. The van der Waals surface area contributed by atoms with Gasteiger partial charge in [0.2, 0.25) is 10.0 Å². The van der Waals surface area contributed by atoms with Crippen LogP contribution in [0.3, 0.4) is 0 Å². The number of para-hydroxylation sites is 1. The van der Waals surface area contributed by atoms with Crippen LogP contribution < -0.4 is 10.0 Å². The van der Waals surface area contributed by atoms with E-state index in [1.165, 1.54) is 19.2 Å². The fourth-order valence-electron chi connectivity index (χ4n) is 2.60. The Labute approximate surface area is 150 Å². The third kappa shape index (κ3) is 3.48. The molecule has 0 saturated heterocycles. The van der Waals surface area contributed by atoms with Crippen LogP contribution >= 0.6 is 0 Å². The van der Waals surface area contributed by atoms with Crippen LogP contribution in [0.25, 0.3) is 10.9 Å². The van der Waals surface area contributed by atoms with Crippen LogP contribution in [0.15, 0.2) is 59.6 Å². The van der Waals surface area contributed by atoms with Crippen LogP contribution in [0.1, 0.15) is 5.56 Å². The first-order valence-corrected chi connectivity index (χ1v) is 9.19. The molecule has 2 N–H and O–H groups in total. The Bertz CT molecular complexity index is 1080. The zero-order valence-electron chi connectivity index (χ0n) is 13.8. The van der Waals surface area contributed by atoms with Crippen molar-refractivity contribution in [3.05, 3.63) is 70.4 Å². The van der Waals surface area contributed by atoms with E-state index in [1.807, 2.05) is 30.3 Å². The lowest BCUT2D eigenvalue weighted by Gasteiger charge is -2.10. The molecule has 0 spiro atoms. The molecule has 2 aromatic carbocycles. The lowest BCUT2D eigenvalue weighted by Crippen LogP contribution is -2.18. The van der Waals surface area contributed by atoms with Crippen LogP contribution in [-0.4, -0.2) is 25.4 Å². The second kappa shape index (κ2) is 7.06. The molecular formula is C17H16N4O4S. The van der Waals surface area contributed by atoms with E-state index >= 15 is 0 Å². The Kier molecular flexibility index (Phi) is 4.83. The topological polar surface area (TPSA) is 114 Å². The first-order valence-electron chi connectivity index (χ1n) is 7.71. The highest BCUT2D eigenvalue weighted by Crippen LogP contribution is 2.28. The zero-order valence-corrected chi connectivity index (χ0v) is 14.7. The van der Waals surface area contributed by atoms with Crippen molar-refractivity contribution < 1.29 is 13.3 Å². The molecule has 0 aliphatic rings. The van der Waals surface area contributed by atoms with Crippen LogP contribution in [-0.2, 0) is 16.6 Å². The number of hydrogen-bond donors (Lipinski definition) is 2. The maximum Gasteiger partial charge on any atom is 0.293 e. The van der Waals surface area contributed by atoms with Crippen molar-refractivity contribution in [3.63, 3.8) is 0 Å². The summed E-state index contributed by atoms with van der Waals surface area (Å²) in [6.45, 7) is 0.313. The van der Waals surface area contributed by atoms with Gasteiger partial charge in [0, 0.05) is 24.2 Å². The number of pyridine rings is 1. The van der Waals surface area contributed by atoms with E-state index in [4.69, 9.17) is 0 Å². The largest absolute Gasteiger partial charge is 0.375 e. The van der Waals surface area contributed by atoms with Gasteiger partial charge < -0.3 is 5.32 Å². The van der Waals surface area contributed by atoms with Crippen molar-refractivity contribution in [2.75, 3.05) is 12.4 Å². The predicted octanol–water partition coefficient (Wildman–Crippen LogP) is 2.66. The number of aromatic nitrogens is 1. The van der Waals surface area contributed by atoms with Crippen LogP contribution in [0.2, 0.25) is 0 Å². The summed E-state index contributed by atoms with van der Waals surface area (Å²) in [5, 5.41) is 15.3. The van der Waals surface area contributed by atoms with E-state index in [1.54, 1.807) is 6.20 Å². The minimum Gasteiger partial charge on any atom is -0.375 e. The molecule has 134 valence electrons. The lowest BCUT2D eigenvalue weighted by molar-refractivity contribution is -0.384. The third-order valence-electron chi connectivity index (χ3n) is 3.93. The van der Waals surface area contributed by atoms with Crippen molar-refractivity contribution in [2.45, 2.75) is 11.4 Å². The summed E-state index contributed by atoms with van der Waals surface area (Å²) in [6.07, 6.45) is 1.69. The molecule has 9 heteroatoms. The summed E-state index contributed by atoms with van der Waals surface area (Å²) in [5.74, 6) is 0. The standard InChI is InChI=1S/C17H16N4O4S/c1-18-26(24,25)14-7-8-15(16(10-14)21(22)23)20-11-13-5-2-4-12-6-3-9-19-17(12)13/h2-10,18,20H,11H2,1H3. The Balaban J connectivity index is 1.93. The molecule has 3 rings (SSSR count). The number of hydrogen-bond acceptors (Lipinski definition) is 6. The smallest absolute Gasteiger partial charge is 0.293 e. The normalized spacial score (nSPS) is 11.4. The predicted molar refractivity (Wildman–Crippen MR) is 98.4 cm³/mol. The number of anilines is 1. The van der Waals surface area contributed by atoms with E-state index in [2.05, 4.69) is 15.0 Å². The Morgan fingerprint density at radius 2 is 1.92 bits per heavy atom. The molecule has 0 aliphatic carbocycles. The number of benzene rings is 2. The van der Waals surface area contributed by atoms with Gasteiger partial charge >= 0.3 is 0 Å². The van der Waals surface area contributed by atoms with Crippen molar-refractivity contribution in [1.29, 1.82) is 0 Å². The number of nitro groups is 1. The Morgan fingerprint density at radius 3 is 2.65 bits per heavy atom. The highest BCUT2D eigenvalue weighted by atomic mass is 32.2. The lowest BCUT2D eigenvalue weighted by atomic mass is 10.1. The third-order valence-corrected chi connectivity index (χ3v) is 5.34. The SMILES string of the molecule is CNS(=O)(=O)c1ccc(NCc2cccc3cccnc23)c([N+](=O)[O-])c1. The van der Waals surface area contributed by atoms with Gasteiger partial charge in [-0.25, -0.2) is 13.1 Å². The number of nitro benzene ring substituents is 1. The summed E-state index contributed by atoms with van der Waals surface area (Å²) in [6, 6.07) is 13.2. The summed E-state index contributed by atoms with van der Waals surface area (Å²) < 4.78 is 25.8. The molecule has 1 aromatic heterocycles. The average Bonchev–Trinajstić information content (AvgIpc) is 2.66. The van der Waals surface area contributed by atoms with E-state index in [0.29, 0.717) is 6.54 Å². The number of nitrogens with zero attached hydrogens (tertiary/aromatic N) is 2. The second-order valence-corrected chi connectivity index (χ2v) is 7.38. The van der Waals surface area contributed by atoms with Gasteiger partial charge in [0.05, 0.1) is 15.3 Å². The fourth-order valence-corrected chi connectivity index (χ4v) is 3.35. The van der Waals surface area contributed by atoms with Crippen molar-refractivity contribution in [3.8, 4) is 0 Å². The van der Waals surface area contributed by atoms with Gasteiger partial charge in [-0.15, -0.1) is 0 Å². The van der Waals surface area contributed by atoms with Crippen LogP contribution in [0.5, 0.6) is 0 Å². The van der Waals surface area contributed by atoms with Gasteiger partial charge in [0.25, 0.3) is 5.69 Å². The van der Waals surface area contributed by atoms with E-state index in [0.717, 1.165) is 22.5 Å². The van der Waals surface area contributed by atoms with Gasteiger partial charge in [-0.2, -0.15) is 0 Å². The number of rotatable bonds is 6. The zero-order chi connectivity index (χ0) is 18.7. The van der Waals surface area contributed by atoms with Gasteiger partial charge in [-0.3, -0.25) is 15.1 Å². The van der Waals surface area contributed by atoms with Gasteiger partial charge in [-0.1, -0.05) is 24.3 Å². The fraction of sp³-hybridized carbons (Fsp3) is 0.118. The maximum absolute atomic E-state index is 11.9. The average molecular weight is 372 g/mol. The second-order valence-electron chi connectivity index (χ2n) is 5.49. The number of fused-ring (bicyclic) bond motifs is 1. The molecule has 0 fully saturated rings. The van der Waals surface area contributed by atoms with Gasteiger partial charge in [0.15, 0.2) is 0 Å². The quantitative estimate of drug-likeness (QED) is 0.508. The minimum absolute atomic E-state index is 0.163. The van der Waals surface area contributed by atoms with Gasteiger partial charge in [-0.05, 0) is 30.8 Å². The van der Waals surface area contributed by atoms with Crippen molar-refractivity contribution in [1.82, 2.24) is 9.71 Å². The molecule has 1 heterocycles. The number of nitrogens with one attached hydrogen (secondary N) is 2. The molecule has 0 saturated carbocycles. The number of sulfonamides is 1. The van der Waals surface area contributed by atoms with Gasteiger partial charge in [0.1, 0.15) is 5.69 Å². The molecule has 0 bridgehead atoms. The molecular weight excluding hydrogens is 356 g/mol. The Morgan fingerprint density at radius 1 is 1.15 bits per heavy atom. The van der Waals surface area contributed by atoms with Crippen LogP contribution in [0, 0.1) is 10.1 Å². The first-order chi connectivity index (χ1) is 12.4. The summed E-state index contributed by atoms with van der Waals surface area (Å²) >= 11 is 0. The van der Waals surface area contributed by atoms with E-state index in [9.17, 15) is 18.5 Å². The molecule has 0 aliphatic heterocycles. The maximum atomic E-state index is 11.9. The Hall–Kier alpha value is -3.04. The van der Waals surface area contributed by atoms with E-state index in [-0.39, 0.29) is 16.3 Å². The van der Waals surface area contributed by atoms with Crippen molar-refractivity contribution in [2.24, 2.45) is 0 Å². The molecule has 3 aromatic rings. The molecule has 0 atom stereocenters. The van der Waals surface area contributed by atoms with Crippen molar-refractivity contribution >= 4 is 32.3 Å². The molecule has 26 heavy (non-hydrogen) atoms. The summed E-state index contributed by atoms with van der Waals surface area (Å²) in [7, 11) is -2.51. The van der Waals surface area contributed by atoms with E-state index < -0.39 is 14.9 Å². The molecule has 0 unspecified atom stereocenters. The monoisotopic (exact) mass is 372 g/mol. The molecule has 0 amide bonds. The van der Waals surface area contributed by atoms with Crippen LogP contribution in [0.4, 0.5) is 11.4 Å². The molecule has 0 radical (unpaired) electrons. The highest BCUT2D eigenvalue weighted by Gasteiger charge is 2.20.